The molecule has 2 amide bonds. The van der Waals surface area contributed by atoms with Crippen molar-refractivity contribution >= 4 is 6.03 Å². The molecule has 2 saturated heterocycles. The van der Waals surface area contributed by atoms with Gasteiger partial charge in [-0.25, -0.2) is 9.18 Å². The Morgan fingerprint density at radius 3 is 2.83 bits per heavy atom. The van der Waals surface area contributed by atoms with Gasteiger partial charge in [0.25, 0.3) is 0 Å². The van der Waals surface area contributed by atoms with Crippen molar-refractivity contribution < 1.29 is 18.7 Å². The lowest BCUT2D eigenvalue weighted by atomic mass is 9.90. The molecule has 2 aliphatic rings. The summed E-state index contributed by atoms with van der Waals surface area (Å²) >= 11 is 0. The highest BCUT2D eigenvalue weighted by Gasteiger charge is 2.30. The van der Waals surface area contributed by atoms with Crippen LogP contribution >= 0.6 is 0 Å². The first kappa shape index (κ1) is 17.0. The number of hydrogen-bond donors (Lipinski definition) is 1. The lowest BCUT2D eigenvalue weighted by molar-refractivity contribution is 0.0372. The third-order valence-electron chi connectivity index (χ3n) is 4.99. The fourth-order valence-corrected chi connectivity index (χ4v) is 3.62. The summed E-state index contributed by atoms with van der Waals surface area (Å²) in [7, 11) is 1.54. The van der Waals surface area contributed by atoms with E-state index in [-0.39, 0.29) is 18.4 Å². The molecule has 1 N–H and O–H groups in total. The minimum absolute atomic E-state index is 0.105. The Hall–Kier alpha value is -1.82. The second-order valence-corrected chi connectivity index (χ2v) is 6.49. The zero-order chi connectivity index (χ0) is 16.9. The van der Waals surface area contributed by atoms with Crippen molar-refractivity contribution in [2.75, 3.05) is 26.8 Å². The molecule has 0 radical (unpaired) electrons. The van der Waals surface area contributed by atoms with Crippen molar-refractivity contribution in [3.8, 4) is 5.75 Å². The number of hydrogen-bond acceptors (Lipinski definition) is 3. The number of carbonyl (C=O) groups excluding carboxylic acids is 1. The Morgan fingerprint density at radius 1 is 1.38 bits per heavy atom. The van der Waals surface area contributed by atoms with Gasteiger partial charge < -0.3 is 19.7 Å². The van der Waals surface area contributed by atoms with Crippen molar-refractivity contribution in [2.24, 2.45) is 5.92 Å². The Labute approximate surface area is 142 Å². The predicted octanol–water partition coefficient (Wildman–Crippen LogP) is 2.93. The molecule has 1 unspecified atom stereocenters. The van der Waals surface area contributed by atoms with Crippen LogP contribution in [-0.2, 0) is 11.3 Å². The van der Waals surface area contributed by atoms with Gasteiger partial charge in [0.1, 0.15) is 11.6 Å². The molecular weight excluding hydrogens is 311 g/mol. The number of amides is 2. The first-order valence-electron chi connectivity index (χ1n) is 8.64. The third kappa shape index (κ3) is 3.98. The van der Waals surface area contributed by atoms with Crippen molar-refractivity contribution in [2.45, 2.75) is 38.3 Å². The van der Waals surface area contributed by atoms with E-state index in [9.17, 15) is 9.18 Å². The second kappa shape index (κ2) is 7.83. The Balaban J connectivity index is 1.48. The van der Waals surface area contributed by atoms with E-state index in [0.29, 0.717) is 23.3 Å². The van der Waals surface area contributed by atoms with Gasteiger partial charge >= 0.3 is 6.03 Å². The fraction of sp³-hybridized carbons (Fsp3) is 0.611. The van der Waals surface area contributed by atoms with Gasteiger partial charge in [0.05, 0.1) is 13.2 Å². The van der Waals surface area contributed by atoms with E-state index >= 15 is 0 Å². The molecule has 1 atom stereocenters. The van der Waals surface area contributed by atoms with Crippen LogP contribution < -0.4 is 10.1 Å². The van der Waals surface area contributed by atoms with Crippen LogP contribution in [0.15, 0.2) is 18.2 Å². The Kier molecular flexibility index (Phi) is 5.56. The van der Waals surface area contributed by atoms with E-state index < -0.39 is 0 Å². The van der Waals surface area contributed by atoms with Crippen LogP contribution in [0.5, 0.6) is 5.75 Å². The smallest absolute Gasteiger partial charge is 0.317 e. The van der Waals surface area contributed by atoms with E-state index in [2.05, 4.69) is 5.32 Å². The van der Waals surface area contributed by atoms with Crippen molar-refractivity contribution in [3.05, 3.63) is 29.6 Å². The monoisotopic (exact) mass is 336 g/mol. The largest absolute Gasteiger partial charge is 0.496 e. The topological polar surface area (TPSA) is 50.8 Å². The lowest BCUT2D eigenvalue weighted by Crippen LogP contribution is -2.45. The fourth-order valence-electron chi connectivity index (χ4n) is 3.62. The number of urea groups is 1. The molecule has 0 aliphatic carbocycles. The number of benzene rings is 1. The average molecular weight is 336 g/mol. The van der Waals surface area contributed by atoms with Gasteiger partial charge in [0.15, 0.2) is 0 Å². The van der Waals surface area contributed by atoms with Gasteiger partial charge in [-0.1, -0.05) is 0 Å². The molecule has 2 aliphatic heterocycles. The molecule has 0 spiro atoms. The van der Waals surface area contributed by atoms with Crippen LogP contribution in [0.2, 0.25) is 0 Å². The first-order chi connectivity index (χ1) is 11.7. The summed E-state index contributed by atoms with van der Waals surface area (Å²) in [4.78, 5) is 14.2. The molecule has 0 saturated carbocycles. The Morgan fingerprint density at radius 2 is 2.17 bits per heavy atom. The molecule has 1 aromatic carbocycles. The summed E-state index contributed by atoms with van der Waals surface area (Å²) in [6, 6.07) is 4.21. The number of carbonyl (C=O) groups is 1. The molecule has 0 bridgehead atoms. The van der Waals surface area contributed by atoms with Gasteiger partial charge in [-0.05, 0) is 49.8 Å². The summed E-state index contributed by atoms with van der Waals surface area (Å²) in [6.45, 7) is 2.62. The van der Waals surface area contributed by atoms with E-state index in [1.807, 2.05) is 4.90 Å². The maximum atomic E-state index is 13.4. The van der Waals surface area contributed by atoms with Gasteiger partial charge in [-0.3, -0.25) is 0 Å². The van der Waals surface area contributed by atoms with Crippen LogP contribution in [0.25, 0.3) is 0 Å². The summed E-state index contributed by atoms with van der Waals surface area (Å²) in [5.41, 5.74) is 0.639. The van der Waals surface area contributed by atoms with Crippen LogP contribution in [0.4, 0.5) is 9.18 Å². The molecule has 5 nitrogen and oxygen atoms in total. The molecule has 24 heavy (non-hydrogen) atoms. The number of nitrogens with one attached hydrogen (secondary N) is 1. The zero-order valence-corrected chi connectivity index (χ0v) is 14.1. The number of rotatable bonds is 4. The van der Waals surface area contributed by atoms with Crippen molar-refractivity contribution in [3.63, 3.8) is 0 Å². The summed E-state index contributed by atoms with van der Waals surface area (Å²) < 4.78 is 24.3. The van der Waals surface area contributed by atoms with Crippen LogP contribution in [0.1, 0.15) is 31.2 Å². The number of piperidine rings is 1. The summed E-state index contributed by atoms with van der Waals surface area (Å²) in [6.07, 6.45) is 4.66. The minimum Gasteiger partial charge on any atom is -0.496 e. The number of ether oxygens (including phenoxy) is 2. The maximum Gasteiger partial charge on any atom is 0.317 e. The van der Waals surface area contributed by atoms with E-state index in [1.54, 1.807) is 6.07 Å². The third-order valence-corrected chi connectivity index (χ3v) is 4.99. The molecule has 132 valence electrons. The molecular formula is C18H25FN2O3. The molecule has 6 heteroatoms. The minimum atomic E-state index is -0.336. The lowest BCUT2D eigenvalue weighted by Gasteiger charge is -2.34. The highest BCUT2D eigenvalue weighted by Crippen LogP contribution is 2.28. The zero-order valence-electron chi connectivity index (χ0n) is 14.1. The predicted molar refractivity (Wildman–Crippen MR) is 88.5 cm³/mol. The highest BCUT2D eigenvalue weighted by molar-refractivity contribution is 5.74. The number of likely N-dealkylation sites (tertiary alicyclic amines) is 1. The molecule has 2 fully saturated rings. The van der Waals surface area contributed by atoms with Crippen LogP contribution in [0.3, 0.4) is 0 Å². The Bertz CT molecular complexity index is 567. The van der Waals surface area contributed by atoms with E-state index in [1.165, 1.54) is 19.2 Å². The molecule has 1 aromatic rings. The standard InChI is InChI=1S/C18H25FN2O3/c1-23-16-5-4-15(19)11-14(16)12-20-18(22)21-8-6-13(7-9-21)17-3-2-10-24-17/h4-5,11,13,17H,2-3,6-10,12H2,1H3,(H,20,22). The normalized spacial score (nSPS) is 21.8. The molecule has 3 rings (SSSR count). The van der Waals surface area contributed by atoms with Gasteiger partial charge in [0, 0.05) is 31.8 Å². The summed E-state index contributed by atoms with van der Waals surface area (Å²) in [5, 5.41) is 2.86. The average Bonchev–Trinajstić information content (AvgIpc) is 3.14. The summed E-state index contributed by atoms with van der Waals surface area (Å²) in [5.74, 6) is 0.811. The van der Waals surface area contributed by atoms with Gasteiger partial charge in [-0.15, -0.1) is 0 Å². The molecule has 0 aromatic heterocycles. The van der Waals surface area contributed by atoms with Crippen LogP contribution in [-0.4, -0.2) is 43.8 Å². The van der Waals surface area contributed by atoms with Gasteiger partial charge in [0.2, 0.25) is 0 Å². The van der Waals surface area contributed by atoms with Crippen molar-refractivity contribution in [1.82, 2.24) is 10.2 Å². The second-order valence-electron chi connectivity index (χ2n) is 6.49. The highest BCUT2D eigenvalue weighted by atomic mass is 19.1. The SMILES string of the molecule is COc1ccc(F)cc1CNC(=O)N1CCC(C2CCCO2)CC1. The number of methoxy groups -OCH3 is 1. The van der Waals surface area contributed by atoms with Gasteiger partial charge in [-0.2, -0.15) is 0 Å². The maximum absolute atomic E-state index is 13.4. The number of halogens is 1. The quantitative estimate of drug-likeness (QED) is 0.920. The van der Waals surface area contributed by atoms with E-state index in [4.69, 9.17) is 9.47 Å². The first-order valence-corrected chi connectivity index (χ1v) is 8.64. The van der Waals surface area contributed by atoms with E-state index in [0.717, 1.165) is 45.4 Å². The van der Waals surface area contributed by atoms with Crippen molar-refractivity contribution in [1.29, 1.82) is 0 Å². The molecule has 2 heterocycles. The number of nitrogens with zero attached hydrogens (tertiary/aromatic N) is 1. The van der Waals surface area contributed by atoms with Crippen LogP contribution in [0, 0.1) is 11.7 Å².